The van der Waals surface area contributed by atoms with Gasteiger partial charge in [-0.15, -0.1) is 0 Å². The second kappa shape index (κ2) is 5.62. The molecule has 0 radical (unpaired) electrons. The minimum absolute atomic E-state index is 0.0838. The molecule has 7 heteroatoms. The van der Waals surface area contributed by atoms with Gasteiger partial charge in [0.05, 0.1) is 31.1 Å². The zero-order valence-corrected chi connectivity index (χ0v) is 8.92. The molecule has 0 aliphatic carbocycles. The van der Waals surface area contributed by atoms with Crippen molar-refractivity contribution in [2.75, 3.05) is 38.4 Å². The number of hydrogen-bond donors (Lipinski definition) is 4. The molecule has 0 unspecified atom stereocenters. The Bertz CT molecular complexity index is 239. The molecule has 0 atom stereocenters. The molecular formula is C7H17NO5S. The van der Waals surface area contributed by atoms with Gasteiger partial charge in [0.25, 0.3) is 0 Å². The molecule has 0 fully saturated rings. The van der Waals surface area contributed by atoms with Gasteiger partial charge in [0.2, 0.25) is 0 Å². The van der Waals surface area contributed by atoms with Crippen LogP contribution < -0.4 is 5.32 Å². The molecule has 0 aliphatic heterocycles. The molecule has 86 valence electrons. The molecule has 14 heavy (non-hydrogen) atoms. The average Bonchev–Trinajstić information content (AvgIpc) is 2.11. The van der Waals surface area contributed by atoms with E-state index in [1.165, 1.54) is 0 Å². The van der Waals surface area contributed by atoms with Gasteiger partial charge in [-0.2, -0.15) is 0 Å². The van der Waals surface area contributed by atoms with Crippen LogP contribution in [-0.2, 0) is 9.84 Å². The van der Waals surface area contributed by atoms with E-state index < -0.39 is 35.2 Å². The van der Waals surface area contributed by atoms with Crippen molar-refractivity contribution in [3.63, 3.8) is 0 Å². The van der Waals surface area contributed by atoms with Crippen molar-refractivity contribution in [2.45, 2.75) is 5.54 Å². The highest BCUT2D eigenvalue weighted by atomic mass is 32.2. The predicted octanol–water partition coefficient (Wildman–Crippen LogP) is -2.66. The molecule has 0 amide bonds. The van der Waals surface area contributed by atoms with Crippen LogP contribution in [0.2, 0.25) is 0 Å². The van der Waals surface area contributed by atoms with Crippen LogP contribution >= 0.6 is 0 Å². The molecule has 4 N–H and O–H groups in total. The van der Waals surface area contributed by atoms with Crippen molar-refractivity contribution in [1.29, 1.82) is 0 Å². The van der Waals surface area contributed by atoms with E-state index in [9.17, 15) is 8.42 Å². The highest BCUT2D eigenvalue weighted by Gasteiger charge is 2.27. The first-order chi connectivity index (χ1) is 6.39. The Morgan fingerprint density at radius 2 is 1.57 bits per heavy atom. The van der Waals surface area contributed by atoms with Crippen molar-refractivity contribution in [3.8, 4) is 0 Å². The van der Waals surface area contributed by atoms with Crippen LogP contribution in [0.4, 0.5) is 0 Å². The highest BCUT2D eigenvalue weighted by Crippen LogP contribution is 2.00. The van der Waals surface area contributed by atoms with Crippen molar-refractivity contribution in [3.05, 3.63) is 0 Å². The predicted molar refractivity (Wildman–Crippen MR) is 51.7 cm³/mol. The Labute approximate surface area is 83.5 Å². The zero-order chi connectivity index (χ0) is 11.2. The van der Waals surface area contributed by atoms with Crippen LogP contribution in [0.15, 0.2) is 0 Å². The summed E-state index contributed by atoms with van der Waals surface area (Å²) in [5.74, 6) is -0.102. The lowest BCUT2D eigenvalue weighted by molar-refractivity contribution is 0.0440. The Kier molecular flexibility index (Phi) is 5.53. The first-order valence-corrected chi connectivity index (χ1v) is 6.20. The topological polar surface area (TPSA) is 107 Å². The molecule has 0 aromatic carbocycles. The maximum atomic E-state index is 10.8. The van der Waals surface area contributed by atoms with Crippen LogP contribution in [0.1, 0.15) is 0 Å². The summed E-state index contributed by atoms with van der Waals surface area (Å²) in [6.45, 7) is -1.28. The summed E-state index contributed by atoms with van der Waals surface area (Å²) in [7, 11) is -3.08. The molecule has 0 saturated carbocycles. The third kappa shape index (κ3) is 4.87. The number of hydrogen-bond acceptors (Lipinski definition) is 6. The van der Waals surface area contributed by atoms with E-state index in [4.69, 9.17) is 15.3 Å². The Hall–Kier alpha value is -0.210. The van der Waals surface area contributed by atoms with Gasteiger partial charge in [-0.1, -0.05) is 0 Å². The van der Waals surface area contributed by atoms with Crippen molar-refractivity contribution in [2.24, 2.45) is 0 Å². The molecule has 0 spiro atoms. The van der Waals surface area contributed by atoms with E-state index in [1.807, 2.05) is 0 Å². The molecule has 0 saturated heterocycles. The van der Waals surface area contributed by atoms with Crippen LogP contribution in [0.5, 0.6) is 0 Å². The fourth-order valence-electron chi connectivity index (χ4n) is 0.819. The van der Waals surface area contributed by atoms with Gasteiger partial charge in [0.15, 0.2) is 0 Å². The summed E-state index contributed by atoms with van der Waals surface area (Å²) < 4.78 is 21.5. The highest BCUT2D eigenvalue weighted by molar-refractivity contribution is 7.90. The number of aliphatic hydroxyl groups excluding tert-OH is 3. The normalized spacial score (nSPS) is 13.1. The number of nitrogens with one attached hydrogen (secondary N) is 1. The van der Waals surface area contributed by atoms with Gasteiger partial charge in [-0.25, -0.2) is 8.42 Å². The summed E-state index contributed by atoms with van der Waals surface area (Å²) in [5, 5.41) is 29.2. The van der Waals surface area contributed by atoms with Gasteiger partial charge >= 0.3 is 0 Å². The maximum Gasteiger partial charge on any atom is 0.148 e. The first-order valence-electron chi connectivity index (χ1n) is 4.14. The third-order valence-electron chi connectivity index (χ3n) is 1.88. The fraction of sp³-hybridized carbons (Fsp3) is 1.00. The lowest BCUT2D eigenvalue weighted by Gasteiger charge is -2.28. The maximum absolute atomic E-state index is 10.8. The minimum atomic E-state index is -3.08. The van der Waals surface area contributed by atoms with E-state index in [-0.39, 0.29) is 12.3 Å². The zero-order valence-electron chi connectivity index (χ0n) is 8.10. The monoisotopic (exact) mass is 227 g/mol. The summed E-state index contributed by atoms with van der Waals surface area (Å²) in [6.07, 6.45) is 1.09. The molecular weight excluding hydrogens is 210 g/mol. The minimum Gasteiger partial charge on any atom is -0.394 e. The Balaban J connectivity index is 4.08. The SMILES string of the molecule is CS(=O)(=O)CCNC(CO)(CO)CO. The molecule has 6 nitrogen and oxygen atoms in total. The van der Waals surface area contributed by atoms with Crippen molar-refractivity contribution >= 4 is 9.84 Å². The lowest BCUT2D eigenvalue weighted by Crippen LogP contribution is -2.55. The molecule has 0 bridgehead atoms. The fourth-order valence-corrected chi connectivity index (χ4v) is 1.29. The van der Waals surface area contributed by atoms with Crippen molar-refractivity contribution in [1.82, 2.24) is 5.32 Å². The van der Waals surface area contributed by atoms with Crippen LogP contribution in [0.25, 0.3) is 0 Å². The summed E-state index contributed by atoms with van der Waals surface area (Å²) in [6, 6.07) is 0. The molecule has 0 aromatic rings. The number of rotatable bonds is 7. The Morgan fingerprint density at radius 1 is 1.14 bits per heavy atom. The largest absolute Gasteiger partial charge is 0.394 e. The smallest absolute Gasteiger partial charge is 0.148 e. The second-order valence-electron chi connectivity index (χ2n) is 3.31. The van der Waals surface area contributed by atoms with Crippen LogP contribution in [-0.4, -0.2) is 67.7 Å². The molecule has 0 rings (SSSR count). The van der Waals surface area contributed by atoms with Crippen LogP contribution in [0, 0.1) is 0 Å². The summed E-state index contributed by atoms with van der Waals surface area (Å²) in [5.41, 5.74) is -1.20. The summed E-state index contributed by atoms with van der Waals surface area (Å²) >= 11 is 0. The van der Waals surface area contributed by atoms with Crippen molar-refractivity contribution < 1.29 is 23.7 Å². The molecule has 0 aromatic heterocycles. The van der Waals surface area contributed by atoms with Gasteiger partial charge in [0, 0.05) is 12.8 Å². The quantitative estimate of drug-likeness (QED) is 0.378. The molecule has 0 aliphatic rings. The van der Waals surface area contributed by atoms with E-state index in [0.29, 0.717) is 0 Å². The standard InChI is InChI=1S/C7H17NO5S/c1-14(12,13)3-2-8-7(4-9,5-10)6-11/h8-11H,2-6H2,1H3. The van der Waals surface area contributed by atoms with E-state index in [2.05, 4.69) is 5.32 Å². The average molecular weight is 227 g/mol. The number of sulfone groups is 1. The van der Waals surface area contributed by atoms with E-state index >= 15 is 0 Å². The van der Waals surface area contributed by atoms with Gasteiger partial charge in [-0.05, 0) is 0 Å². The third-order valence-corrected chi connectivity index (χ3v) is 2.83. The second-order valence-corrected chi connectivity index (χ2v) is 5.57. The Morgan fingerprint density at radius 3 is 1.86 bits per heavy atom. The van der Waals surface area contributed by atoms with E-state index in [1.54, 1.807) is 0 Å². The molecule has 0 heterocycles. The number of aliphatic hydroxyl groups is 3. The van der Waals surface area contributed by atoms with Gasteiger partial charge in [-0.3, -0.25) is 0 Å². The van der Waals surface area contributed by atoms with Gasteiger partial charge < -0.3 is 20.6 Å². The first kappa shape index (κ1) is 13.8. The van der Waals surface area contributed by atoms with E-state index in [0.717, 1.165) is 6.26 Å². The van der Waals surface area contributed by atoms with Crippen LogP contribution in [0.3, 0.4) is 0 Å². The van der Waals surface area contributed by atoms with Gasteiger partial charge in [0.1, 0.15) is 9.84 Å². The lowest BCUT2D eigenvalue weighted by atomic mass is 10.0. The summed E-state index contributed by atoms with van der Waals surface area (Å²) in [4.78, 5) is 0.